The fourth-order valence-electron chi connectivity index (χ4n) is 3.32. The molecule has 0 radical (unpaired) electrons. The van der Waals surface area contributed by atoms with Crippen LogP contribution in [0.2, 0.25) is 0 Å². The van der Waals surface area contributed by atoms with Gasteiger partial charge in [0.1, 0.15) is 29.2 Å². The molecule has 0 atom stereocenters. The fourth-order valence-corrected chi connectivity index (χ4v) is 3.32. The molecule has 1 aliphatic heterocycles. The number of aromatic hydroxyl groups is 2. The molecule has 0 aliphatic carbocycles. The Morgan fingerprint density at radius 2 is 1.52 bits per heavy atom. The van der Waals surface area contributed by atoms with Gasteiger partial charge in [0.25, 0.3) is 0 Å². The second-order valence-corrected chi connectivity index (χ2v) is 9.13. The number of esters is 2. The Hall–Kier alpha value is -2.25. The number of ether oxygens (including phenoxy) is 3. The molecular formula is C23H16Na3O17P. The number of carboxylic acid groups (broad SMARTS) is 3. The number of aromatic carboxylic acids is 1. The number of aldehydes is 1. The molecule has 0 aromatic heterocycles. The third kappa shape index (κ3) is 10.4. The number of phenolic OH excluding ortho intramolecular Hbond substituents is 1. The molecule has 0 saturated heterocycles. The van der Waals surface area contributed by atoms with Crippen molar-refractivity contribution >= 4 is 43.5 Å². The van der Waals surface area contributed by atoms with Gasteiger partial charge in [-0.1, -0.05) is 0 Å². The first-order valence-electron chi connectivity index (χ1n) is 10.6. The standard InChI is InChI=1S/C22H16O12.CH3O5P.3Na/c1-8-5-12(24)10(6-23)19-15(8)22(31)34-20-11(7-32-14(27)4-3-13(25)26)17(28)16(21(29)30)9(2)18(20)33-19;2-1(3)7(4,5)6;;;/h3-6,24,28H,7H2,1-2H3,(H,25,26)(H,29,30);(H,2,3)(H2,4,5,6);;;/q;;3*+1/p-3. The summed E-state index contributed by atoms with van der Waals surface area (Å²) in [5.74, 6) is -7.91. The van der Waals surface area contributed by atoms with Gasteiger partial charge in [-0.2, -0.15) is 0 Å². The maximum Gasteiger partial charge on any atom is 1.00 e. The number of hydrogen-bond acceptors (Lipinski definition) is 15. The molecular weight excluding hydrogens is 648 g/mol. The molecule has 0 bridgehead atoms. The topological polar surface area (TPSA) is 297 Å². The zero-order valence-corrected chi connectivity index (χ0v) is 30.5. The quantitative estimate of drug-likeness (QED) is 0.0533. The van der Waals surface area contributed by atoms with Gasteiger partial charge < -0.3 is 58.9 Å². The first kappa shape index (κ1) is 43.9. The third-order valence-electron chi connectivity index (χ3n) is 5.09. The Bertz CT molecular complexity index is 1580. The maximum atomic E-state index is 12.9. The molecule has 17 nitrogen and oxygen atoms in total. The second kappa shape index (κ2) is 18.0. The predicted octanol–water partition coefficient (Wildman–Crippen LogP) is -9.51. The van der Waals surface area contributed by atoms with Gasteiger partial charge in [-0.05, 0) is 33.1 Å². The normalized spacial score (nSPS) is 11.1. The molecule has 0 fully saturated rings. The summed E-state index contributed by atoms with van der Waals surface area (Å²) in [5.41, 5.74) is -4.36. The van der Waals surface area contributed by atoms with Crippen LogP contribution in [0.15, 0.2) is 18.2 Å². The van der Waals surface area contributed by atoms with Crippen molar-refractivity contribution in [1.29, 1.82) is 0 Å². The van der Waals surface area contributed by atoms with Gasteiger partial charge in [0.2, 0.25) is 0 Å². The van der Waals surface area contributed by atoms with E-state index < -0.39 is 83.5 Å². The van der Waals surface area contributed by atoms with Crippen LogP contribution < -0.4 is 113 Å². The van der Waals surface area contributed by atoms with Crippen LogP contribution in [0.5, 0.6) is 28.7 Å². The third-order valence-corrected chi connectivity index (χ3v) is 5.54. The number of aryl methyl sites for hydroxylation is 1. The van der Waals surface area contributed by atoms with Crippen molar-refractivity contribution in [2.45, 2.75) is 20.5 Å². The molecule has 0 saturated carbocycles. The largest absolute Gasteiger partial charge is 1.00 e. The van der Waals surface area contributed by atoms with E-state index in [1.54, 1.807) is 0 Å². The summed E-state index contributed by atoms with van der Waals surface area (Å²) in [6.45, 7) is 1.83. The Morgan fingerprint density at radius 1 is 0.977 bits per heavy atom. The van der Waals surface area contributed by atoms with Crippen molar-refractivity contribution in [1.82, 2.24) is 0 Å². The van der Waals surface area contributed by atoms with E-state index in [0.717, 1.165) is 6.07 Å². The molecule has 21 heteroatoms. The fraction of sp³-hybridized carbons (Fsp3) is 0.130. The summed E-state index contributed by atoms with van der Waals surface area (Å²) in [7, 11) is -5.43. The zero-order valence-electron chi connectivity index (χ0n) is 23.6. The number of carbonyl (C=O) groups excluding carboxylic acids is 4. The SMILES string of the molecule is Cc1cc(O)c(C=O)c2c1C(=O)Oc1c(COC(=O)C=CC(=O)O)c(O)c(C(=O)O)c(C)c1O2.O=C([O-])P(=O)([O-])[O-].[Na+].[Na+].[Na+]. The van der Waals surface area contributed by atoms with Gasteiger partial charge >= 0.3 is 113 Å². The molecule has 4 N–H and O–H groups in total. The van der Waals surface area contributed by atoms with Gasteiger partial charge in [0.05, 0.1) is 16.8 Å². The van der Waals surface area contributed by atoms with Gasteiger partial charge in [-0.3, -0.25) is 4.79 Å². The van der Waals surface area contributed by atoms with E-state index in [-0.39, 0.29) is 117 Å². The molecule has 0 unspecified atom stereocenters. The first-order valence-corrected chi connectivity index (χ1v) is 12.1. The van der Waals surface area contributed by atoms with Crippen LogP contribution in [0.3, 0.4) is 0 Å². The van der Waals surface area contributed by atoms with E-state index in [4.69, 9.17) is 43.6 Å². The minimum atomic E-state index is -5.43. The smallest absolute Gasteiger partial charge is 0.807 e. The number of phenols is 2. The van der Waals surface area contributed by atoms with Gasteiger partial charge in [-0.15, -0.1) is 0 Å². The number of aliphatic carboxylic acids is 1. The summed E-state index contributed by atoms with van der Waals surface area (Å²) < 4.78 is 25.1. The molecule has 2 aromatic carbocycles. The van der Waals surface area contributed by atoms with Crippen LogP contribution >= 0.6 is 7.60 Å². The molecule has 0 amide bonds. The summed E-state index contributed by atoms with van der Waals surface area (Å²) in [5, 5.41) is 47.9. The van der Waals surface area contributed by atoms with E-state index in [1.165, 1.54) is 13.8 Å². The summed E-state index contributed by atoms with van der Waals surface area (Å²) >= 11 is 0. The van der Waals surface area contributed by atoms with E-state index in [2.05, 4.69) is 0 Å². The van der Waals surface area contributed by atoms with Crippen molar-refractivity contribution in [3.05, 3.63) is 51.6 Å². The van der Waals surface area contributed by atoms with Gasteiger partial charge in [0.15, 0.2) is 23.5 Å². The second-order valence-electron chi connectivity index (χ2n) is 7.77. The van der Waals surface area contributed by atoms with Crippen LogP contribution in [0.4, 0.5) is 4.79 Å². The molecule has 0 spiro atoms. The average molecular weight is 664 g/mol. The maximum absolute atomic E-state index is 12.9. The molecule has 1 aliphatic rings. The molecule has 3 rings (SSSR count). The van der Waals surface area contributed by atoms with Crippen molar-refractivity contribution in [3.63, 3.8) is 0 Å². The Labute approximate surface area is 312 Å². The molecule has 218 valence electrons. The molecule has 1 heterocycles. The van der Waals surface area contributed by atoms with Crippen molar-refractivity contribution in [3.8, 4) is 28.7 Å². The van der Waals surface area contributed by atoms with E-state index in [0.29, 0.717) is 12.2 Å². The Balaban J connectivity index is 0. The summed E-state index contributed by atoms with van der Waals surface area (Å²) in [6, 6.07) is 1.13. The number of benzene rings is 2. The van der Waals surface area contributed by atoms with Crippen LogP contribution in [-0.2, 0) is 25.5 Å². The minimum Gasteiger partial charge on any atom is -0.807 e. The van der Waals surface area contributed by atoms with E-state index >= 15 is 0 Å². The molecule has 44 heavy (non-hydrogen) atoms. The van der Waals surface area contributed by atoms with E-state index in [1.807, 2.05) is 0 Å². The number of carboxylic acids is 2. The zero-order chi connectivity index (χ0) is 31.4. The number of hydrogen-bond donors (Lipinski definition) is 4. The number of carbonyl (C=O) groups is 6. The van der Waals surface area contributed by atoms with Crippen molar-refractivity contribution < 1.29 is 172 Å². The van der Waals surface area contributed by atoms with E-state index in [9.17, 15) is 39.3 Å². The summed E-state index contributed by atoms with van der Waals surface area (Å²) in [6.07, 6.45) is 1.30. The van der Waals surface area contributed by atoms with Crippen molar-refractivity contribution in [2.24, 2.45) is 0 Å². The van der Waals surface area contributed by atoms with Crippen LogP contribution in [0.1, 0.15) is 47.8 Å². The van der Waals surface area contributed by atoms with Gasteiger partial charge in [-0.25, -0.2) is 19.2 Å². The summed E-state index contributed by atoms with van der Waals surface area (Å²) in [4.78, 5) is 85.9. The monoisotopic (exact) mass is 664 g/mol. The van der Waals surface area contributed by atoms with Crippen LogP contribution in [-0.4, -0.2) is 56.3 Å². The number of fused-ring (bicyclic) bond motifs is 2. The van der Waals surface area contributed by atoms with Crippen molar-refractivity contribution in [2.75, 3.05) is 0 Å². The van der Waals surface area contributed by atoms with Gasteiger partial charge in [0, 0.05) is 17.7 Å². The predicted molar refractivity (Wildman–Crippen MR) is 123 cm³/mol. The molecule has 2 aromatic rings. The minimum absolute atomic E-state index is 0. The van der Waals surface area contributed by atoms with Crippen LogP contribution in [0.25, 0.3) is 0 Å². The number of rotatable bonds is 7. The first-order chi connectivity index (χ1) is 18.9. The Kier molecular flexibility index (Phi) is 18.0. The van der Waals surface area contributed by atoms with Crippen LogP contribution in [0, 0.1) is 13.8 Å². The average Bonchev–Trinajstić information content (AvgIpc) is 2.99. The Morgan fingerprint density at radius 3 is 1.98 bits per heavy atom.